The Balaban J connectivity index is 1.35. The van der Waals surface area contributed by atoms with E-state index in [2.05, 4.69) is 45.3 Å². The van der Waals surface area contributed by atoms with Crippen LogP contribution in [0, 0.1) is 18.8 Å². The summed E-state index contributed by atoms with van der Waals surface area (Å²) in [5, 5.41) is 7.03. The van der Waals surface area contributed by atoms with Gasteiger partial charge in [0.1, 0.15) is 5.65 Å². The maximum Gasteiger partial charge on any atom is 0.276 e. The number of hydrogen-bond donors (Lipinski definition) is 2. The van der Waals surface area contributed by atoms with Gasteiger partial charge in [-0.05, 0) is 49.7 Å². The van der Waals surface area contributed by atoms with Gasteiger partial charge in [0.05, 0.1) is 31.6 Å². The number of furan rings is 1. The van der Waals surface area contributed by atoms with Crippen molar-refractivity contribution in [1.29, 1.82) is 0 Å². The lowest BCUT2D eigenvalue weighted by molar-refractivity contribution is 0.0723. The quantitative estimate of drug-likeness (QED) is 0.303. The van der Waals surface area contributed by atoms with Crippen LogP contribution in [0.1, 0.15) is 23.6 Å². The summed E-state index contributed by atoms with van der Waals surface area (Å²) in [4.78, 5) is 25.2. The summed E-state index contributed by atoms with van der Waals surface area (Å²) < 4.78 is 40.4. The van der Waals surface area contributed by atoms with Crippen molar-refractivity contribution in [1.82, 2.24) is 24.2 Å². The van der Waals surface area contributed by atoms with Crippen LogP contribution in [0.2, 0.25) is 0 Å². The van der Waals surface area contributed by atoms with Crippen molar-refractivity contribution in [2.45, 2.75) is 25.5 Å². The van der Waals surface area contributed by atoms with E-state index in [0.29, 0.717) is 35.8 Å². The molecule has 1 aromatic carbocycles. The molecule has 2 aliphatic rings. The van der Waals surface area contributed by atoms with Gasteiger partial charge in [-0.25, -0.2) is 13.4 Å². The molecule has 0 bridgehead atoms. The third kappa shape index (κ3) is 5.87. The van der Waals surface area contributed by atoms with E-state index in [1.165, 1.54) is 20.8 Å². The van der Waals surface area contributed by atoms with Crippen LogP contribution in [-0.4, -0.2) is 79.7 Å². The number of aryl methyl sites for hydroxylation is 1. The first-order valence-corrected chi connectivity index (χ1v) is 15.6. The molecule has 0 atom stereocenters. The van der Waals surface area contributed by atoms with Crippen LogP contribution in [0.5, 0.6) is 0 Å². The Kier molecular flexibility index (Phi) is 8.18. The molecule has 12 nitrogen and oxygen atoms in total. The molecule has 3 aromatic heterocycles. The second-order valence-electron chi connectivity index (χ2n) is 10.4. The molecule has 0 amide bonds. The van der Waals surface area contributed by atoms with Crippen LogP contribution in [-0.2, 0) is 21.3 Å². The molecule has 0 aliphatic carbocycles. The fourth-order valence-corrected chi connectivity index (χ4v) is 6.96. The number of piperazine rings is 1. The Morgan fingerprint density at radius 1 is 1.09 bits per heavy atom. The van der Waals surface area contributed by atoms with Crippen LogP contribution in [0.3, 0.4) is 0 Å². The molecular weight excluding hydrogens is 570 g/mol. The summed E-state index contributed by atoms with van der Waals surface area (Å²) in [7, 11) is -3.93. The Morgan fingerprint density at radius 2 is 1.88 bits per heavy atom. The zero-order valence-corrected chi connectivity index (χ0v) is 24.9. The predicted molar refractivity (Wildman–Crippen MR) is 163 cm³/mol. The summed E-state index contributed by atoms with van der Waals surface area (Å²) >= 11 is 0. The van der Waals surface area contributed by atoms with Gasteiger partial charge in [-0.2, -0.15) is 9.29 Å². The number of benzene rings is 1. The van der Waals surface area contributed by atoms with E-state index in [4.69, 9.17) is 14.1 Å². The number of ether oxygens (including phenoxy) is 1. The van der Waals surface area contributed by atoms with Crippen molar-refractivity contribution in [2.24, 2.45) is 0 Å². The normalized spacial score (nSPS) is 16.2. The fourth-order valence-electron chi connectivity index (χ4n) is 5.45. The number of nitrogens with one attached hydrogen (secondary N) is 2. The average Bonchev–Trinajstić information content (AvgIpc) is 3.50. The maximum atomic E-state index is 13.6. The lowest BCUT2D eigenvalue weighted by atomic mass is 10.1. The van der Waals surface area contributed by atoms with E-state index in [0.717, 1.165) is 37.4 Å². The lowest BCUT2D eigenvalue weighted by Crippen LogP contribution is -2.43. The van der Waals surface area contributed by atoms with E-state index in [1.54, 1.807) is 25.3 Å². The fraction of sp³-hybridized carbons (Fsp3) is 0.367. The molecule has 0 saturated carbocycles. The van der Waals surface area contributed by atoms with Crippen LogP contribution in [0.4, 0.5) is 17.3 Å². The topological polar surface area (TPSA) is 135 Å². The molecular formula is C30H33N7O5S. The molecule has 2 saturated heterocycles. The van der Waals surface area contributed by atoms with Crippen molar-refractivity contribution in [2.75, 3.05) is 62.7 Å². The van der Waals surface area contributed by atoms with E-state index in [9.17, 15) is 13.2 Å². The molecule has 13 heteroatoms. The molecule has 2 N–H and O–H groups in total. The van der Waals surface area contributed by atoms with Crippen LogP contribution >= 0.6 is 0 Å². The first-order valence-electron chi connectivity index (χ1n) is 14.2. The van der Waals surface area contributed by atoms with E-state index in [-0.39, 0.29) is 30.3 Å². The molecule has 224 valence electrons. The first kappa shape index (κ1) is 28.9. The number of anilines is 3. The predicted octanol–water partition coefficient (Wildman–Crippen LogP) is 2.29. The molecule has 2 aliphatic heterocycles. The second-order valence-corrected chi connectivity index (χ2v) is 12.2. The van der Waals surface area contributed by atoms with E-state index in [1.807, 2.05) is 12.1 Å². The zero-order chi connectivity index (χ0) is 30.0. The van der Waals surface area contributed by atoms with Gasteiger partial charge < -0.3 is 24.7 Å². The SMILES string of the molecule is CC#Cc1cc2cnc(Nc3ccc(N4CCNCC4)c(C)c3)nc2n(Cc2ccoc2S(=O)(=O)N2CCOCC2)c1=O. The monoisotopic (exact) mass is 603 g/mol. The molecule has 0 unspecified atom stereocenters. The number of nitrogens with zero attached hydrogens (tertiary/aromatic N) is 5. The first-order chi connectivity index (χ1) is 20.8. The Hall–Kier alpha value is -4.22. The highest BCUT2D eigenvalue weighted by molar-refractivity contribution is 7.89. The number of rotatable bonds is 7. The van der Waals surface area contributed by atoms with E-state index >= 15 is 0 Å². The van der Waals surface area contributed by atoms with Crippen LogP contribution < -0.4 is 21.1 Å². The molecule has 5 heterocycles. The summed E-state index contributed by atoms with van der Waals surface area (Å²) in [6.45, 7) is 8.53. The molecule has 4 aromatic rings. The minimum Gasteiger partial charge on any atom is -0.451 e. The van der Waals surface area contributed by atoms with Gasteiger partial charge in [0.25, 0.3) is 15.6 Å². The molecule has 0 radical (unpaired) electrons. The average molecular weight is 604 g/mol. The highest BCUT2D eigenvalue weighted by atomic mass is 32.2. The van der Waals surface area contributed by atoms with Crippen molar-refractivity contribution in [3.63, 3.8) is 0 Å². The number of aromatic nitrogens is 3. The standard InChI is InChI=1S/C30H33N7O5S/c1-3-4-22-18-24-19-32-30(33-25-5-6-26(21(2)17-25)35-10-8-31-9-11-35)34-27(24)37(28(22)38)20-23-7-14-42-29(23)43(39,40)36-12-15-41-16-13-36/h5-7,14,17-19,31H,8-13,15-16,20H2,1-2H3,(H,32,33,34). The number of fused-ring (bicyclic) bond motifs is 1. The molecule has 6 rings (SSSR count). The Morgan fingerprint density at radius 3 is 2.63 bits per heavy atom. The largest absolute Gasteiger partial charge is 0.451 e. The van der Waals surface area contributed by atoms with Gasteiger partial charge in [0.2, 0.25) is 11.0 Å². The number of hydrogen-bond acceptors (Lipinski definition) is 10. The van der Waals surface area contributed by atoms with Gasteiger partial charge in [0, 0.05) is 67.8 Å². The number of morpholine rings is 1. The van der Waals surface area contributed by atoms with Crippen molar-refractivity contribution in [3.05, 3.63) is 69.8 Å². The summed E-state index contributed by atoms with van der Waals surface area (Å²) in [6, 6.07) is 9.34. The van der Waals surface area contributed by atoms with Gasteiger partial charge in [-0.15, -0.1) is 5.92 Å². The Bertz CT molecular complexity index is 1880. The maximum absolute atomic E-state index is 13.6. The van der Waals surface area contributed by atoms with Crippen LogP contribution in [0.15, 0.2) is 57.1 Å². The zero-order valence-electron chi connectivity index (χ0n) is 24.1. The van der Waals surface area contributed by atoms with Crippen LogP contribution in [0.25, 0.3) is 11.0 Å². The number of sulfonamides is 1. The Labute approximate surface area is 249 Å². The number of pyridine rings is 1. The second kappa shape index (κ2) is 12.2. The molecule has 2 fully saturated rings. The highest BCUT2D eigenvalue weighted by Gasteiger charge is 2.32. The summed E-state index contributed by atoms with van der Waals surface area (Å²) in [5.41, 5.74) is 3.68. The molecule has 43 heavy (non-hydrogen) atoms. The van der Waals surface area contributed by atoms with Gasteiger partial charge in [-0.1, -0.05) is 5.92 Å². The molecule has 0 spiro atoms. The summed E-state index contributed by atoms with van der Waals surface area (Å²) in [5.74, 6) is 5.93. The minimum atomic E-state index is -3.93. The highest BCUT2D eigenvalue weighted by Crippen LogP contribution is 2.27. The lowest BCUT2D eigenvalue weighted by Gasteiger charge is -2.30. The van der Waals surface area contributed by atoms with Crippen molar-refractivity contribution in [3.8, 4) is 11.8 Å². The summed E-state index contributed by atoms with van der Waals surface area (Å²) in [6.07, 6.45) is 2.95. The minimum absolute atomic E-state index is 0.0844. The smallest absolute Gasteiger partial charge is 0.276 e. The van der Waals surface area contributed by atoms with Gasteiger partial charge >= 0.3 is 0 Å². The van der Waals surface area contributed by atoms with Crippen molar-refractivity contribution >= 4 is 38.4 Å². The van der Waals surface area contributed by atoms with Crippen molar-refractivity contribution < 1.29 is 17.6 Å². The third-order valence-corrected chi connectivity index (χ3v) is 9.45. The van der Waals surface area contributed by atoms with Gasteiger partial charge in [0.15, 0.2) is 0 Å². The van der Waals surface area contributed by atoms with E-state index < -0.39 is 15.6 Å². The third-order valence-electron chi connectivity index (χ3n) is 7.58. The van der Waals surface area contributed by atoms with Gasteiger partial charge in [-0.3, -0.25) is 9.36 Å².